The Hall–Kier alpha value is -0.280. The summed E-state index contributed by atoms with van der Waals surface area (Å²) < 4.78 is 11.3. The summed E-state index contributed by atoms with van der Waals surface area (Å²) in [6.07, 6.45) is -0.126. The van der Waals surface area contributed by atoms with Gasteiger partial charge in [-0.05, 0) is 26.0 Å². The van der Waals surface area contributed by atoms with Crippen LogP contribution >= 0.6 is 23.2 Å². The maximum Gasteiger partial charge on any atom is 0.184 e. The minimum Gasteiger partial charge on any atom is -0.343 e. The number of hydrogen-bond acceptors (Lipinski definition) is 2. The molecule has 1 saturated heterocycles. The SMILES string of the molecule is C[C@@H]1OC(c2ccc(Cl)c(Cl)c2)O[C@@H]1C. The van der Waals surface area contributed by atoms with Crippen LogP contribution in [0.1, 0.15) is 25.7 Å². The molecule has 1 aliphatic heterocycles. The Morgan fingerprint density at radius 3 is 2.13 bits per heavy atom. The summed E-state index contributed by atoms with van der Waals surface area (Å²) in [6, 6.07) is 5.39. The lowest BCUT2D eigenvalue weighted by molar-refractivity contribution is -0.0652. The van der Waals surface area contributed by atoms with Crippen LogP contribution in [0.5, 0.6) is 0 Å². The van der Waals surface area contributed by atoms with Crippen LogP contribution in [0.15, 0.2) is 18.2 Å². The second-order valence-electron chi connectivity index (χ2n) is 3.69. The molecule has 0 spiro atoms. The Labute approximate surface area is 99.1 Å². The van der Waals surface area contributed by atoms with Crippen molar-refractivity contribution >= 4 is 23.2 Å². The van der Waals surface area contributed by atoms with E-state index in [4.69, 9.17) is 32.7 Å². The summed E-state index contributed by atoms with van der Waals surface area (Å²) in [5.41, 5.74) is 0.903. The van der Waals surface area contributed by atoms with E-state index in [1.54, 1.807) is 12.1 Å². The van der Waals surface area contributed by atoms with Crippen LogP contribution in [0.3, 0.4) is 0 Å². The van der Waals surface area contributed by atoms with Crippen LogP contribution in [-0.2, 0) is 9.47 Å². The highest BCUT2D eigenvalue weighted by Crippen LogP contribution is 2.33. The Morgan fingerprint density at radius 2 is 1.60 bits per heavy atom. The zero-order valence-corrected chi connectivity index (χ0v) is 10.0. The minimum absolute atomic E-state index is 0.101. The number of benzene rings is 1. The maximum atomic E-state index is 5.92. The molecule has 0 bridgehead atoms. The fourth-order valence-electron chi connectivity index (χ4n) is 1.46. The van der Waals surface area contributed by atoms with E-state index in [9.17, 15) is 0 Å². The van der Waals surface area contributed by atoms with Gasteiger partial charge >= 0.3 is 0 Å². The van der Waals surface area contributed by atoms with Crippen molar-refractivity contribution in [1.82, 2.24) is 0 Å². The molecule has 0 radical (unpaired) electrons. The predicted molar refractivity (Wildman–Crippen MR) is 60.3 cm³/mol. The van der Waals surface area contributed by atoms with Gasteiger partial charge in [0.25, 0.3) is 0 Å². The number of rotatable bonds is 1. The molecule has 0 saturated carbocycles. The highest BCUT2D eigenvalue weighted by molar-refractivity contribution is 6.42. The van der Waals surface area contributed by atoms with Crippen LogP contribution in [0.25, 0.3) is 0 Å². The van der Waals surface area contributed by atoms with Gasteiger partial charge in [0, 0.05) is 5.56 Å². The van der Waals surface area contributed by atoms with Gasteiger partial charge in [0.1, 0.15) is 0 Å². The largest absolute Gasteiger partial charge is 0.343 e. The van der Waals surface area contributed by atoms with Crippen molar-refractivity contribution in [3.8, 4) is 0 Å². The van der Waals surface area contributed by atoms with E-state index in [0.29, 0.717) is 10.0 Å². The molecule has 82 valence electrons. The van der Waals surface area contributed by atoms with Crippen LogP contribution in [-0.4, -0.2) is 12.2 Å². The van der Waals surface area contributed by atoms with E-state index >= 15 is 0 Å². The summed E-state index contributed by atoms with van der Waals surface area (Å²) in [4.78, 5) is 0. The highest BCUT2D eigenvalue weighted by Gasteiger charge is 2.30. The van der Waals surface area contributed by atoms with Gasteiger partial charge in [0.15, 0.2) is 6.29 Å². The van der Waals surface area contributed by atoms with E-state index in [1.165, 1.54) is 0 Å². The molecule has 0 N–H and O–H groups in total. The second-order valence-corrected chi connectivity index (χ2v) is 4.50. The van der Waals surface area contributed by atoms with Crippen molar-refractivity contribution in [1.29, 1.82) is 0 Å². The zero-order valence-electron chi connectivity index (χ0n) is 8.54. The van der Waals surface area contributed by atoms with Crippen LogP contribution in [0, 0.1) is 0 Å². The molecule has 0 aromatic heterocycles. The topological polar surface area (TPSA) is 18.5 Å². The summed E-state index contributed by atoms with van der Waals surface area (Å²) in [6.45, 7) is 3.98. The summed E-state index contributed by atoms with van der Waals surface area (Å²) >= 11 is 11.8. The summed E-state index contributed by atoms with van der Waals surface area (Å²) in [7, 11) is 0. The molecule has 1 aromatic rings. The molecule has 2 nitrogen and oxygen atoms in total. The molecular weight excluding hydrogens is 235 g/mol. The first-order chi connectivity index (χ1) is 7.08. The fourth-order valence-corrected chi connectivity index (χ4v) is 1.77. The predicted octanol–water partition coefficient (Wildman–Crippen LogP) is 3.82. The summed E-state index contributed by atoms with van der Waals surface area (Å²) in [5, 5.41) is 1.06. The van der Waals surface area contributed by atoms with Crippen molar-refractivity contribution < 1.29 is 9.47 Å². The van der Waals surface area contributed by atoms with Crippen molar-refractivity contribution in [3.63, 3.8) is 0 Å². The molecule has 1 heterocycles. The van der Waals surface area contributed by atoms with Crippen LogP contribution < -0.4 is 0 Å². The van der Waals surface area contributed by atoms with Crippen LogP contribution in [0.2, 0.25) is 10.0 Å². The van der Waals surface area contributed by atoms with E-state index < -0.39 is 0 Å². The van der Waals surface area contributed by atoms with E-state index in [1.807, 2.05) is 19.9 Å². The van der Waals surface area contributed by atoms with Gasteiger partial charge in [-0.25, -0.2) is 0 Å². The van der Waals surface area contributed by atoms with Crippen molar-refractivity contribution in [2.24, 2.45) is 0 Å². The van der Waals surface area contributed by atoms with Crippen LogP contribution in [0.4, 0.5) is 0 Å². The number of hydrogen-bond donors (Lipinski definition) is 0. The van der Waals surface area contributed by atoms with Gasteiger partial charge in [-0.3, -0.25) is 0 Å². The maximum absolute atomic E-state index is 5.92. The molecule has 1 aliphatic rings. The van der Waals surface area contributed by atoms with Gasteiger partial charge < -0.3 is 9.47 Å². The standard InChI is InChI=1S/C11H12Cl2O2/c1-6-7(2)15-11(14-6)8-3-4-9(12)10(13)5-8/h3-7,11H,1-2H3/t6-,7+,11?. The van der Waals surface area contributed by atoms with E-state index in [0.717, 1.165) is 5.56 Å². The first-order valence-corrected chi connectivity index (χ1v) is 5.59. The third kappa shape index (κ3) is 2.28. The Kier molecular flexibility index (Phi) is 3.21. The van der Waals surface area contributed by atoms with Gasteiger partial charge in [-0.1, -0.05) is 29.3 Å². The lowest BCUT2D eigenvalue weighted by Gasteiger charge is -2.10. The smallest absolute Gasteiger partial charge is 0.184 e. The monoisotopic (exact) mass is 246 g/mol. The van der Waals surface area contributed by atoms with Crippen molar-refractivity contribution in [2.75, 3.05) is 0 Å². The third-order valence-electron chi connectivity index (χ3n) is 2.55. The number of halogens is 2. The average molecular weight is 247 g/mol. The van der Waals surface area contributed by atoms with Gasteiger partial charge in [-0.2, -0.15) is 0 Å². The molecule has 0 aliphatic carbocycles. The fraction of sp³-hybridized carbons (Fsp3) is 0.455. The van der Waals surface area contributed by atoms with Gasteiger partial charge in [0.2, 0.25) is 0 Å². The number of ether oxygens (including phenoxy) is 2. The second kappa shape index (κ2) is 4.30. The minimum atomic E-state index is -0.329. The molecule has 1 aromatic carbocycles. The van der Waals surface area contributed by atoms with Crippen molar-refractivity contribution in [2.45, 2.75) is 32.3 Å². The molecule has 0 amide bonds. The molecule has 1 unspecified atom stereocenters. The normalized spacial score (nSPS) is 30.8. The lowest BCUT2D eigenvalue weighted by Crippen LogP contribution is -2.13. The Bertz CT molecular complexity index is 358. The lowest BCUT2D eigenvalue weighted by atomic mass is 10.2. The molecular formula is C11H12Cl2O2. The molecule has 2 rings (SSSR count). The van der Waals surface area contributed by atoms with Gasteiger partial charge in [0.05, 0.1) is 22.3 Å². The molecule has 15 heavy (non-hydrogen) atoms. The van der Waals surface area contributed by atoms with E-state index in [-0.39, 0.29) is 18.5 Å². The van der Waals surface area contributed by atoms with Crippen molar-refractivity contribution in [3.05, 3.63) is 33.8 Å². The average Bonchev–Trinajstić information content (AvgIpc) is 2.52. The first-order valence-electron chi connectivity index (χ1n) is 4.84. The quantitative estimate of drug-likeness (QED) is 0.751. The molecule has 4 heteroatoms. The first kappa shape index (κ1) is 11.2. The molecule has 1 fully saturated rings. The van der Waals surface area contributed by atoms with E-state index in [2.05, 4.69) is 0 Å². The zero-order chi connectivity index (χ0) is 11.0. The Balaban J connectivity index is 2.20. The molecule has 3 atom stereocenters. The van der Waals surface area contributed by atoms with Gasteiger partial charge in [-0.15, -0.1) is 0 Å². The summed E-state index contributed by atoms with van der Waals surface area (Å²) in [5.74, 6) is 0. The Morgan fingerprint density at radius 1 is 1.00 bits per heavy atom. The third-order valence-corrected chi connectivity index (χ3v) is 3.29. The highest BCUT2D eigenvalue weighted by atomic mass is 35.5.